The van der Waals surface area contributed by atoms with Crippen LogP contribution in [0.5, 0.6) is 11.5 Å². The summed E-state index contributed by atoms with van der Waals surface area (Å²) in [4.78, 5) is 24.0. The lowest BCUT2D eigenvalue weighted by atomic mass is 9.70. The fourth-order valence-electron chi connectivity index (χ4n) is 4.16. The molecular weight excluding hydrogens is 422 g/mol. The number of ether oxygens (including phenoxy) is 1. The average Bonchev–Trinajstić information content (AvgIpc) is 3.27. The third-order valence-corrected chi connectivity index (χ3v) is 6.02. The molecule has 1 heterocycles. The van der Waals surface area contributed by atoms with Crippen molar-refractivity contribution in [2.75, 3.05) is 0 Å². The minimum atomic E-state index is -0.767. The second kappa shape index (κ2) is 10.2. The molecule has 0 bridgehead atoms. The molecule has 172 valence electrons. The van der Waals surface area contributed by atoms with E-state index in [0.717, 1.165) is 24.2 Å². The maximum atomic E-state index is 12.8. The number of nitrogens with one attached hydrogen (secondary N) is 1. The lowest BCUT2D eigenvalue weighted by molar-refractivity contribution is -0.147. The number of aromatic nitrogens is 4. The van der Waals surface area contributed by atoms with Crippen molar-refractivity contribution in [2.45, 2.75) is 45.2 Å². The first-order valence-electron chi connectivity index (χ1n) is 11.2. The third-order valence-electron chi connectivity index (χ3n) is 6.02. The smallest absolute Gasteiger partial charge is 0.306 e. The van der Waals surface area contributed by atoms with E-state index in [9.17, 15) is 14.7 Å². The van der Waals surface area contributed by atoms with Crippen LogP contribution in [0.4, 0.5) is 0 Å². The Kier molecular flexibility index (Phi) is 6.97. The SMILES string of the molecule is CCCC(C1CC(C(=O)O)C1)n1nnnc1C(=O)NCc1ccc(Oc2ccccc2)cc1. The molecule has 2 aromatic carbocycles. The van der Waals surface area contributed by atoms with Gasteiger partial charge in [-0.25, -0.2) is 4.68 Å². The Labute approximate surface area is 191 Å². The number of hydrogen-bond acceptors (Lipinski definition) is 6. The van der Waals surface area contributed by atoms with Crippen LogP contribution in [-0.2, 0) is 11.3 Å². The fourth-order valence-corrected chi connectivity index (χ4v) is 4.16. The number of carboxylic acids is 1. The number of carboxylic acid groups (broad SMARTS) is 1. The number of rotatable bonds is 10. The summed E-state index contributed by atoms with van der Waals surface area (Å²) in [7, 11) is 0. The maximum Gasteiger partial charge on any atom is 0.306 e. The quantitative estimate of drug-likeness (QED) is 0.482. The number of carbonyl (C=O) groups is 2. The molecule has 1 amide bonds. The number of nitrogens with zero attached hydrogens (tertiary/aromatic N) is 4. The number of benzene rings is 2. The highest BCUT2D eigenvalue weighted by Crippen LogP contribution is 2.43. The first-order valence-corrected chi connectivity index (χ1v) is 11.2. The lowest BCUT2D eigenvalue weighted by Gasteiger charge is -2.38. The zero-order valence-corrected chi connectivity index (χ0v) is 18.4. The molecular formula is C24H27N5O4. The molecule has 1 atom stereocenters. The molecule has 1 aliphatic rings. The van der Waals surface area contributed by atoms with Gasteiger partial charge in [0, 0.05) is 6.54 Å². The third kappa shape index (κ3) is 5.36. The van der Waals surface area contributed by atoms with Crippen molar-refractivity contribution in [1.29, 1.82) is 0 Å². The number of amides is 1. The largest absolute Gasteiger partial charge is 0.481 e. The Morgan fingerprint density at radius 2 is 1.82 bits per heavy atom. The Morgan fingerprint density at radius 1 is 1.12 bits per heavy atom. The van der Waals surface area contributed by atoms with E-state index < -0.39 is 5.97 Å². The van der Waals surface area contributed by atoms with Crippen LogP contribution in [0.1, 0.15) is 54.8 Å². The van der Waals surface area contributed by atoms with Crippen molar-refractivity contribution in [3.05, 3.63) is 66.0 Å². The van der Waals surface area contributed by atoms with E-state index in [1.165, 1.54) is 0 Å². The normalized spacial score (nSPS) is 18.2. The molecule has 9 heteroatoms. The number of tetrazole rings is 1. The predicted octanol–water partition coefficient (Wildman–Crippen LogP) is 3.85. The Balaban J connectivity index is 1.36. The van der Waals surface area contributed by atoms with Crippen LogP contribution in [0.25, 0.3) is 0 Å². The van der Waals surface area contributed by atoms with Crippen molar-refractivity contribution in [3.63, 3.8) is 0 Å². The van der Waals surface area contributed by atoms with E-state index in [2.05, 4.69) is 27.8 Å². The molecule has 0 spiro atoms. The highest BCUT2D eigenvalue weighted by atomic mass is 16.5. The van der Waals surface area contributed by atoms with E-state index in [4.69, 9.17) is 4.74 Å². The summed E-state index contributed by atoms with van der Waals surface area (Å²) in [5, 5.41) is 23.8. The van der Waals surface area contributed by atoms with Crippen molar-refractivity contribution < 1.29 is 19.4 Å². The monoisotopic (exact) mass is 449 g/mol. The molecule has 0 saturated heterocycles. The van der Waals surface area contributed by atoms with Crippen LogP contribution >= 0.6 is 0 Å². The Hall–Kier alpha value is -3.75. The topological polar surface area (TPSA) is 119 Å². The molecule has 0 radical (unpaired) electrons. The highest BCUT2D eigenvalue weighted by Gasteiger charge is 2.41. The van der Waals surface area contributed by atoms with Crippen LogP contribution in [0.2, 0.25) is 0 Å². The second-order valence-electron chi connectivity index (χ2n) is 8.31. The number of carbonyl (C=O) groups excluding carboxylic acids is 1. The van der Waals surface area contributed by atoms with Gasteiger partial charge in [0.2, 0.25) is 5.82 Å². The van der Waals surface area contributed by atoms with E-state index in [0.29, 0.717) is 25.1 Å². The number of hydrogen-bond donors (Lipinski definition) is 2. The van der Waals surface area contributed by atoms with E-state index in [-0.39, 0.29) is 29.6 Å². The summed E-state index contributed by atoms with van der Waals surface area (Å²) in [6.07, 6.45) is 2.83. The molecule has 0 aliphatic heterocycles. The molecule has 33 heavy (non-hydrogen) atoms. The van der Waals surface area contributed by atoms with Crippen molar-refractivity contribution in [2.24, 2.45) is 11.8 Å². The van der Waals surface area contributed by atoms with Gasteiger partial charge in [-0.05, 0) is 65.4 Å². The van der Waals surface area contributed by atoms with Gasteiger partial charge in [-0.2, -0.15) is 0 Å². The van der Waals surface area contributed by atoms with Crippen LogP contribution in [-0.4, -0.2) is 37.2 Å². The standard InChI is InChI=1S/C24H27N5O4/c1-2-6-21(17-13-18(14-17)24(31)32)29-22(26-27-28-29)23(30)25-15-16-9-11-20(12-10-16)33-19-7-4-3-5-8-19/h3-5,7-12,17-18,21H,2,6,13-15H2,1H3,(H,25,30)(H,31,32). The summed E-state index contributed by atoms with van der Waals surface area (Å²) in [6.45, 7) is 2.37. The van der Waals surface area contributed by atoms with Gasteiger partial charge >= 0.3 is 5.97 Å². The summed E-state index contributed by atoms with van der Waals surface area (Å²) >= 11 is 0. The summed E-state index contributed by atoms with van der Waals surface area (Å²) in [6, 6.07) is 16.9. The van der Waals surface area contributed by atoms with Gasteiger partial charge in [0.15, 0.2) is 0 Å². The Bertz CT molecular complexity index is 1080. The first kappa shape index (κ1) is 22.4. The van der Waals surface area contributed by atoms with Gasteiger partial charge in [0.25, 0.3) is 5.91 Å². The van der Waals surface area contributed by atoms with Gasteiger partial charge < -0.3 is 15.2 Å². The minimum absolute atomic E-state index is 0.0873. The van der Waals surface area contributed by atoms with Crippen molar-refractivity contribution in [1.82, 2.24) is 25.5 Å². The molecule has 3 aromatic rings. The second-order valence-corrected chi connectivity index (χ2v) is 8.31. The van der Waals surface area contributed by atoms with Crippen LogP contribution in [0, 0.1) is 11.8 Å². The molecule has 1 unspecified atom stereocenters. The number of aliphatic carboxylic acids is 1. The van der Waals surface area contributed by atoms with Crippen LogP contribution < -0.4 is 10.1 Å². The van der Waals surface area contributed by atoms with Gasteiger partial charge in [-0.3, -0.25) is 9.59 Å². The van der Waals surface area contributed by atoms with Gasteiger partial charge in [-0.15, -0.1) is 5.10 Å². The average molecular weight is 450 g/mol. The molecule has 4 rings (SSSR count). The zero-order valence-electron chi connectivity index (χ0n) is 18.4. The van der Waals surface area contributed by atoms with Gasteiger partial charge in [0.1, 0.15) is 11.5 Å². The predicted molar refractivity (Wildman–Crippen MR) is 120 cm³/mol. The number of para-hydroxylation sites is 1. The summed E-state index contributed by atoms with van der Waals surface area (Å²) < 4.78 is 7.36. The lowest BCUT2D eigenvalue weighted by Crippen LogP contribution is -2.38. The molecule has 1 saturated carbocycles. The molecule has 1 aliphatic carbocycles. The van der Waals surface area contributed by atoms with E-state index >= 15 is 0 Å². The Morgan fingerprint density at radius 3 is 2.48 bits per heavy atom. The molecule has 9 nitrogen and oxygen atoms in total. The summed E-state index contributed by atoms with van der Waals surface area (Å²) in [5.41, 5.74) is 0.913. The molecule has 1 aromatic heterocycles. The van der Waals surface area contributed by atoms with Crippen molar-refractivity contribution >= 4 is 11.9 Å². The minimum Gasteiger partial charge on any atom is -0.481 e. The van der Waals surface area contributed by atoms with Crippen LogP contribution in [0.3, 0.4) is 0 Å². The first-order chi connectivity index (χ1) is 16.0. The van der Waals surface area contributed by atoms with Gasteiger partial charge in [0.05, 0.1) is 12.0 Å². The summed E-state index contributed by atoms with van der Waals surface area (Å²) in [5.74, 6) is 0.318. The van der Waals surface area contributed by atoms with E-state index in [1.807, 2.05) is 54.6 Å². The van der Waals surface area contributed by atoms with Crippen molar-refractivity contribution in [3.8, 4) is 11.5 Å². The molecule has 2 N–H and O–H groups in total. The highest BCUT2D eigenvalue weighted by molar-refractivity contribution is 5.90. The van der Waals surface area contributed by atoms with Crippen LogP contribution in [0.15, 0.2) is 54.6 Å². The van der Waals surface area contributed by atoms with Gasteiger partial charge in [-0.1, -0.05) is 43.7 Å². The van der Waals surface area contributed by atoms with E-state index in [1.54, 1.807) is 4.68 Å². The fraction of sp³-hybridized carbons (Fsp3) is 0.375. The molecule has 1 fully saturated rings. The zero-order chi connectivity index (χ0) is 23.2. The maximum absolute atomic E-state index is 12.8.